The normalized spacial score (nSPS) is 14.2. The molecule has 35 heavy (non-hydrogen) atoms. The fraction of sp³-hybridized carbons (Fsp3) is 0.179. The van der Waals surface area contributed by atoms with E-state index in [1.807, 2.05) is 24.3 Å². The molecule has 1 aliphatic rings. The lowest BCUT2D eigenvalue weighted by Crippen LogP contribution is -2.45. The van der Waals surface area contributed by atoms with Crippen molar-refractivity contribution in [1.82, 2.24) is 4.90 Å². The molecule has 2 heterocycles. The van der Waals surface area contributed by atoms with E-state index in [4.69, 9.17) is 27.6 Å². The molecule has 1 N–H and O–H groups in total. The number of carbonyl (C=O) groups is 1. The minimum Gasteiger partial charge on any atom is -0.451 e. The summed E-state index contributed by atoms with van der Waals surface area (Å²) in [7, 11) is 0. The van der Waals surface area contributed by atoms with E-state index >= 15 is 0 Å². The molecule has 7 heteroatoms. The third-order valence-electron chi connectivity index (χ3n) is 6.16. The van der Waals surface area contributed by atoms with E-state index in [1.54, 1.807) is 30.3 Å². The SMILES string of the molecule is O=C(Nc1ccc(N2CCN(Cc3ccccc3)CC2)cc1)c1ccc(-c2cccc(Cl)c2Cl)o1. The van der Waals surface area contributed by atoms with Gasteiger partial charge in [0.25, 0.3) is 5.91 Å². The van der Waals surface area contributed by atoms with E-state index in [9.17, 15) is 4.79 Å². The Morgan fingerprint density at radius 2 is 1.57 bits per heavy atom. The molecule has 0 unspecified atom stereocenters. The lowest BCUT2D eigenvalue weighted by atomic mass is 10.2. The molecule has 1 saturated heterocycles. The number of piperazine rings is 1. The first-order chi connectivity index (χ1) is 17.1. The highest BCUT2D eigenvalue weighted by atomic mass is 35.5. The summed E-state index contributed by atoms with van der Waals surface area (Å²) in [4.78, 5) is 17.6. The number of anilines is 2. The third kappa shape index (κ3) is 5.54. The van der Waals surface area contributed by atoms with Crippen LogP contribution in [0.1, 0.15) is 16.1 Å². The molecule has 1 fully saturated rings. The number of amides is 1. The predicted octanol–water partition coefficient (Wildman–Crippen LogP) is 6.83. The standard InChI is InChI=1S/C28H25Cl2N3O2/c29-24-8-4-7-23(27(24)30)25-13-14-26(35-25)28(34)31-21-9-11-22(12-10-21)33-17-15-32(16-18-33)19-20-5-2-1-3-6-20/h1-14H,15-19H2,(H,31,34). The quantitative estimate of drug-likeness (QED) is 0.312. The summed E-state index contributed by atoms with van der Waals surface area (Å²) in [6.45, 7) is 4.97. The molecule has 1 aliphatic heterocycles. The lowest BCUT2D eigenvalue weighted by Gasteiger charge is -2.36. The van der Waals surface area contributed by atoms with Crippen molar-refractivity contribution >= 4 is 40.5 Å². The number of halogens is 2. The van der Waals surface area contributed by atoms with Gasteiger partial charge in [0, 0.05) is 49.7 Å². The van der Waals surface area contributed by atoms with Crippen LogP contribution in [0, 0.1) is 0 Å². The second-order valence-electron chi connectivity index (χ2n) is 8.52. The van der Waals surface area contributed by atoms with Crippen molar-refractivity contribution in [3.63, 3.8) is 0 Å². The van der Waals surface area contributed by atoms with Gasteiger partial charge in [-0.15, -0.1) is 0 Å². The second-order valence-corrected chi connectivity index (χ2v) is 9.30. The molecule has 0 aliphatic carbocycles. The molecule has 4 aromatic rings. The van der Waals surface area contributed by atoms with Gasteiger partial charge in [-0.05, 0) is 54.1 Å². The van der Waals surface area contributed by atoms with Crippen LogP contribution in [0.15, 0.2) is 89.3 Å². The van der Waals surface area contributed by atoms with Crippen LogP contribution in [0.5, 0.6) is 0 Å². The summed E-state index contributed by atoms with van der Waals surface area (Å²) in [5.41, 5.74) is 3.85. The number of furan rings is 1. The fourth-order valence-corrected chi connectivity index (χ4v) is 4.65. The van der Waals surface area contributed by atoms with Crippen molar-refractivity contribution in [3.05, 3.63) is 106 Å². The van der Waals surface area contributed by atoms with Crippen molar-refractivity contribution in [2.24, 2.45) is 0 Å². The molecule has 0 spiro atoms. The summed E-state index contributed by atoms with van der Waals surface area (Å²) in [5, 5.41) is 3.72. The molecule has 3 aromatic carbocycles. The Bertz CT molecular complexity index is 1300. The van der Waals surface area contributed by atoms with Crippen molar-refractivity contribution in [1.29, 1.82) is 0 Å². The average molecular weight is 506 g/mol. The minimum absolute atomic E-state index is 0.203. The van der Waals surface area contributed by atoms with Gasteiger partial charge in [0.15, 0.2) is 5.76 Å². The van der Waals surface area contributed by atoms with Crippen LogP contribution in [-0.4, -0.2) is 37.0 Å². The molecule has 1 amide bonds. The maximum atomic E-state index is 12.7. The number of nitrogens with one attached hydrogen (secondary N) is 1. The van der Waals surface area contributed by atoms with Gasteiger partial charge in [-0.2, -0.15) is 0 Å². The maximum Gasteiger partial charge on any atom is 0.291 e. The number of benzene rings is 3. The van der Waals surface area contributed by atoms with Crippen LogP contribution < -0.4 is 10.2 Å². The van der Waals surface area contributed by atoms with Crippen molar-refractivity contribution in [3.8, 4) is 11.3 Å². The highest BCUT2D eigenvalue weighted by Gasteiger charge is 2.18. The molecular weight excluding hydrogens is 481 g/mol. The van der Waals surface area contributed by atoms with Gasteiger partial charge in [0.2, 0.25) is 0 Å². The first-order valence-electron chi connectivity index (χ1n) is 11.5. The van der Waals surface area contributed by atoms with Gasteiger partial charge in [-0.25, -0.2) is 0 Å². The van der Waals surface area contributed by atoms with E-state index in [-0.39, 0.29) is 11.7 Å². The first kappa shape index (κ1) is 23.5. The largest absolute Gasteiger partial charge is 0.451 e. The molecule has 1 aromatic heterocycles. The van der Waals surface area contributed by atoms with Crippen molar-refractivity contribution < 1.29 is 9.21 Å². The summed E-state index contributed by atoms with van der Waals surface area (Å²) in [5.74, 6) is 0.371. The molecule has 178 valence electrons. The van der Waals surface area contributed by atoms with E-state index in [0.29, 0.717) is 27.1 Å². The minimum atomic E-state index is -0.323. The Morgan fingerprint density at radius 3 is 2.31 bits per heavy atom. The van der Waals surface area contributed by atoms with Crippen LogP contribution in [-0.2, 0) is 6.54 Å². The van der Waals surface area contributed by atoms with Crippen LogP contribution in [0.3, 0.4) is 0 Å². The number of carbonyl (C=O) groups excluding carboxylic acids is 1. The van der Waals surface area contributed by atoms with Crippen LogP contribution in [0.4, 0.5) is 11.4 Å². The third-order valence-corrected chi connectivity index (χ3v) is 6.98. The monoisotopic (exact) mass is 505 g/mol. The van der Waals surface area contributed by atoms with Crippen LogP contribution in [0.25, 0.3) is 11.3 Å². The fourth-order valence-electron chi connectivity index (χ4n) is 4.25. The predicted molar refractivity (Wildman–Crippen MR) is 142 cm³/mol. The van der Waals surface area contributed by atoms with E-state index in [1.165, 1.54) is 5.56 Å². The zero-order valence-corrected chi connectivity index (χ0v) is 20.6. The zero-order chi connectivity index (χ0) is 24.2. The smallest absolute Gasteiger partial charge is 0.291 e. The van der Waals surface area contributed by atoms with Crippen LogP contribution >= 0.6 is 23.2 Å². The Labute approximate surface area is 214 Å². The highest BCUT2D eigenvalue weighted by molar-refractivity contribution is 6.43. The van der Waals surface area contributed by atoms with E-state index in [0.717, 1.165) is 38.4 Å². The summed E-state index contributed by atoms with van der Waals surface area (Å²) in [6, 6.07) is 27.1. The van der Waals surface area contributed by atoms with Gasteiger partial charge in [-0.1, -0.05) is 59.6 Å². The number of hydrogen-bond donors (Lipinski definition) is 1. The Balaban J connectivity index is 1.17. The van der Waals surface area contributed by atoms with Crippen molar-refractivity contribution in [2.75, 3.05) is 36.4 Å². The average Bonchev–Trinajstić information content (AvgIpc) is 3.38. The van der Waals surface area contributed by atoms with Gasteiger partial charge < -0.3 is 14.6 Å². The molecule has 0 atom stereocenters. The first-order valence-corrected chi connectivity index (χ1v) is 12.3. The topological polar surface area (TPSA) is 48.7 Å². The number of hydrogen-bond acceptors (Lipinski definition) is 4. The summed E-state index contributed by atoms with van der Waals surface area (Å²) >= 11 is 12.4. The number of nitrogens with zero attached hydrogens (tertiary/aromatic N) is 2. The van der Waals surface area contributed by atoms with Gasteiger partial charge in [0.1, 0.15) is 5.76 Å². The second kappa shape index (κ2) is 10.6. The maximum absolute atomic E-state index is 12.7. The lowest BCUT2D eigenvalue weighted by molar-refractivity contribution is 0.0997. The van der Waals surface area contributed by atoms with Crippen LogP contribution in [0.2, 0.25) is 10.0 Å². The molecular formula is C28H25Cl2N3O2. The number of rotatable bonds is 6. The van der Waals surface area contributed by atoms with Gasteiger partial charge in [0.05, 0.1) is 10.0 Å². The summed E-state index contributed by atoms with van der Waals surface area (Å²) < 4.78 is 5.74. The Kier molecular flexibility index (Phi) is 7.09. The van der Waals surface area contributed by atoms with Gasteiger partial charge >= 0.3 is 0 Å². The Hall–Kier alpha value is -3.25. The molecule has 0 saturated carbocycles. The van der Waals surface area contributed by atoms with E-state index < -0.39 is 0 Å². The molecule has 0 bridgehead atoms. The summed E-state index contributed by atoms with van der Waals surface area (Å²) in [6.07, 6.45) is 0. The Morgan fingerprint density at radius 1 is 0.829 bits per heavy atom. The highest BCUT2D eigenvalue weighted by Crippen LogP contribution is 2.34. The molecule has 5 rings (SSSR count). The van der Waals surface area contributed by atoms with E-state index in [2.05, 4.69) is 45.4 Å². The van der Waals surface area contributed by atoms with Gasteiger partial charge in [-0.3, -0.25) is 9.69 Å². The zero-order valence-electron chi connectivity index (χ0n) is 19.1. The van der Waals surface area contributed by atoms with Crippen molar-refractivity contribution in [2.45, 2.75) is 6.54 Å². The molecule has 5 nitrogen and oxygen atoms in total. The molecule has 0 radical (unpaired) electrons.